The highest BCUT2D eigenvalue weighted by Crippen LogP contribution is 2.22. The Morgan fingerprint density at radius 2 is 1.78 bits per heavy atom. The predicted octanol–water partition coefficient (Wildman–Crippen LogP) is 3.92. The molecule has 0 aliphatic heterocycles. The van der Waals surface area contributed by atoms with Crippen molar-refractivity contribution < 1.29 is 27.8 Å². The Morgan fingerprint density at radius 3 is 2.33 bits per heavy atom. The van der Waals surface area contributed by atoms with Crippen molar-refractivity contribution >= 4 is 11.7 Å². The molecule has 1 N–H and O–H groups in total. The standard InChI is InChI=1S/C20H21F2NO4/c1-12(14-4-7-17(8-5-14)27-20(21)22)23-19(25)11-16-10-15(13(2)24)6-9-18(16)26-3/h4-10,12,20H,11H2,1-3H3,(H,23,25). The molecule has 1 atom stereocenters. The Balaban J connectivity index is 2.04. The van der Waals surface area contributed by atoms with Crippen molar-refractivity contribution in [3.63, 3.8) is 0 Å². The molecular weight excluding hydrogens is 356 g/mol. The molecule has 0 fully saturated rings. The van der Waals surface area contributed by atoms with Gasteiger partial charge in [-0.1, -0.05) is 12.1 Å². The molecule has 0 heterocycles. The second-order valence-corrected chi connectivity index (χ2v) is 6.00. The lowest BCUT2D eigenvalue weighted by Crippen LogP contribution is -2.28. The van der Waals surface area contributed by atoms with Gasteiger partial charge in [0.2, 0.25) is 5.91 Å². The van der Waals surface area contributed by atoms with Gasteiger partial charge in [0.1, 0.15) is 11.5 Å². The smallest absolute Gasteiger partial charge is 0.387 e. The summed E-state index contributed by atoms with van der Waals surface area (Å²) in [5, 5.41) is 2.84. The van der Waals surface area contributed by atoms with E-state index < -0.39 is 6.61 Å². The fourth-order valence-electron chi connectivity index (χ4n) is 2.62. The summed E-state index contributed by atoms with van der Waals surface area (Å²) in [6, 6.07) is 10.7. The zero-order valence-corrected chi connectivity index (χ0v) is 15.3. The van der Waals surface area contributed by atoms with E-state index in [9.17, 15) is 18.4 Å². The summed E-state index contributed by atoms with van der Waals surface area (Å²) in [6.07, 6.45) is 0.0429. The molecular formula is C20H21F2NO4. The highest BCUT2D eigenvalue weighted by molar-refractivity contribution is 5.94. The highest BCUT2D eigenvalue weighted by atomic mass is 19.3. The molecule has 0 radical (unpaired) electrons. The van der Waals surface area contributed by atoms with E-state index in [-0.39, 0.29) is 29.9 Å². The van der Waals surface area contributed by atoms with Crippen molar-refractivity contribution in [1.29, 1.82) is 0 Å². The van der Waals surface area contributed by atoms with Gasteiger partial charge >= 0.3 is 6.61 Å². The number of nitrogens with one attached hydrogen (secondary N) is 1. The van der Waals surface area contributed by atoms with E-state index >= 15 is 0 Å². The van der Waals surface area contributed by atoms with Gasteiger partial charge < -0.3 is 14.8 Å². The molecule has 144 valence electrons. The van der Waals surface area contributed by atoms with Gasteiger partial charge in [-0.2, -0.15) is 8.78 Å². The van der Waals surface area contributed by atoms with E-state index in [0.29, 0.717) is 16.9 Å². The Hall–Kier alpha value is -2.96. The largest absolute Gasteiger partial charge is 0.496 e. The van der Waals surface area contributed by atoms with Crippen molar-refractivity contribution in [2.45, 2.75) is 32.9 Å². The average molecular weight is 377 g/mol. The number of halogens is 2. The maximum atomic E-state index is 12.4. The van der Waals surface area contributed by atoms with Gasteiger partial charge in [-0.05, 0) is 49.7 Å². The first-order valence-corrected chi connectivity index (χ1v) is 8.32. The van der Waals surface area contributed by atoms with Gasteiger partial charge in [-0.25, -0.2) is 0 Å². The Labute approximate surface area is 156 Å². The van der Waals surface area contributed by atoms with Crippen LogP contribution in [-0.4, -0.2) is 25.4 Å². The zero-order valence-electron chi connectivity index (χ0n) is 15.3. The number of methoxy groups -OCH3 is 1. The average Bonchev–Trinajstić information content (AvgIpc) is 2.61. The van der Waals surface area contributed by atoms with E-state index in [1.807, 2.05) is 0 Å². The fraction of sp³-hybridized carbons (Fsp3) is 0.300. The van der Waals surface area contributed by atoms with Gasteiger partial charge in [0.05, 0.1) is 19.6 Å². The maximum absolute atomic E-state index is 12.4. The van der Waals surface area contributed by atoms with E-state index in [1.165, 1.54) is 26.2 Å². The van der Waals surface area contributed by atoms with Crippen molar-refractivity contribution in [1.82, 2.24) is 5.32 Å². The van der Waals surface area contributed by atoms with Crippen LogP contribution in [0.2, 0.25) is 0 Å². The number of Topliss-reactive ketones (excluding diaryl/α,β-unsaturated/α-hetero) is 1. The summed E-state index contributed by atoms with van der Waals surface area (Å²) < 4.78 is 33.9. The van der Waals surface area contributed by atoms with Gasteiger partial charge in [0.25, 0.3) is 0 Å². The number of benzene rings is 2. The number of carbonyl (C=O) groups excluding carboxylic acids is 2. The first kappa shape index (κ1) is 20.4. The molecule has 2 aromatic rings. The topological polar surface area (TPSA) is 64.6 Å². The maximum Gasteiger partial charge on any atom is 0.387 e. The molecule has 0 bridgehead atoms. The summed E-state index contributed by atoms with van der Waals surface area (Å²) in [7, 11) is 1.50. The number of ether oxygens (including phenoxy) is 2. The van der Waals surface area contributed by atoms with Crippen LogP contribution in [0, 0.1) is 0 Å². The van der Waals surface area contributed by atoms with Gasteiger partial charge in [-0.3, -0.25) is 9.59 Å². The van der Waals surface area contributed by atoms with Crippen LogP contribution in [0.25, 0.3) is 0 Å². The number of hydrogen-bond acceptors (Lipinski definition) is 4. The van der Waals surface area contributed by atoms with Crippen LogP contribution in [0.3, 0.4) is 0 Å². The van der Waals surface area contributed by atoms with Crippen molar-refractivity contribution in [2.24, 2.45) is 0 Å². The summed E-state index contributed by atoms with van der Waals surface area (Å²) >= 11 is 0. The molecule has 0 saturated carbocycles. The normalized spacial score (nSPS) is 11.8. The Bertz CT molecular complexity index is 806. The lowest BCUT2D eigenvalue weighted by molar-refractivity contribution is -0.121. The molecule has 2 aromatic carbocycles. The minimum Gasteiger partial charge on any atom is -0.496 e. The summed E-state index contributed by atoms with van der Waals surface area (Å²) in [5.41, 5.74) is 1.85. The molecule has 0 aliphatic carbocycles. The van der Waals surface area contributed by atoms with Gasteiger partial charge in [0, 0.05) is 11.1 Å². The van der Waals surface area contributed by atoms with E-state index in [0.717, 1.165) is 5.56 Å². The lowest BCUT2D eigenvalue weighted by Gasteiger charge is -2.16. The van der Waals surface area contributed by atoms with Crippen LogP contribution in [-0.2, 0) is 11.2 Å². The van der Waals surface area contributed by atoms with Gasteiger partial charge in [0.15, 0.2) is 5.78 Å². The molecule has 27 heavy (non-hydrogen) atoms. The molecule has 0 aliphatic rings. The SMILES string of the molecule is COc1ccc(C(C)=O)cc1CC(=O)NC(C)c1ccc(OC(F)F)cc1. The molecule has 1 unspecified atom stereocenters. The summed E-state index contributed by atoms with van der Waals surface area (Å²) in [4.78, 5) is 23.9. The van der Waals surface area contributed by atoms with Crippen molar-refractivity contribution in [2.75, 3.05) is 7.11 Å². The van der Waals surface area contributed by atoms with Crippen LogP contribution >= 0.6 is 0 Å². The quantitative estimate of drug-likeness (QED) is 0.708. The second kappa shape index (κ2) is 9.12. The number of hydrogen-bond donors (Lipinski definition) is 1. The van der Waals surface area contributed by atoms with E-state index in [4.69, 9.17) is 4.74 Å². The number of carbonyl (C=O) groups is 2. The van der Waals surface area contributed by atoms with E-state index in [2.05, 4.69) is 10.1 Å². The molecule has 2 rings (SSSR count). The number of rotatable bonds is 8. The molecule has 7 heteroatoms. The number of ketones is 1. The van der Waals surface area contributed by atoms with Crippen molar-refractivity contribution in [3.05, 3.63) is 59.2 Å². The van der Waals surface area contributed by atoms with Gasteiger partial charge in [-0.15, -0.1) is 0 Å². The molecule has 0 aromatic heterocycles. The third-order valence-electron chi connectivity index (χ3n) is 4.02. The minimum absolute atomic E-state index is 0.0429. The van der Waals surface area contributed by atoms with Crippen molar-refractivity contribution in [3.8, 4) is 11.5 Å². The Kier molecular flexibility index (Phi) is 6.87. The second-order valence-electron chi connectivity index (χ2n) is 6.00. The van der Waals surface area contributed by atoms with Crippen LogP contribution in [0.1, 0.15) is 41.4 Å². The first-order valence-electron chi connectivity index (χ1n) is 8.32. The molecule has 1 amide bonds. The minimum atomic E-state index is -2.88. The summed E-state index contributed by atoms with van der Waals surface area (Å²) in [5.74, 6) is 0.225. The third kappa shape index (κ3) is 5.77. The highest BCUT2D eigenvalue weighted by Gasteiger charge is 2.14. The summed E-state index contributed by atoms with van der Waals surface area (Å²) in [6.45, 7) is 0.355. The third-order valence-corrected chi connectivity index (χ3v) is 4.02. The van der Waals surface area contributed by atoms with Crippen LogP contribution in [0.4, 0.5) is 8.78 Å². The number of amides is 1. The monoisotopic (exact) mass is 377 g/mol. The number of alkyl halides is 2. The zero-order chi connectivity index (χ0) is 20.0. The van der Waals surface area contributed by atoms with Crippen LogP contribution in [0.15, 0.2) is 42.5 Å². The van der Waals surface area contributed by atoms with Crippen LogP contribution in [0.5, 0.6) is 11.5 Å². The Morgan fingerprint density at radius 1 is 1.11 bits per heavy atom. The molecule has 0 saturated heterocycles. The predicted molar refractivity (Wildman–Crippen MR) is 96.3 cm³/mol. The van der Waals surface area contributed by atoms with E-state index in [1.54, 1.807) is 37.3 Å². The first-order chi connectivity index (χ1) is 12.8. The lowest BCUT2D eigenvalue weighted by atomic mass is 10.0. The van der Waals surface area contributed by atoms with Crippen LogP contribution < -0.4 is 14.8 Å². The fourth-order valence-corrected chi connectivity index (χ4v) is 2.62. The molecule has 0 spiro atoms. The molecule has 5 nitrogen and oxygen atoms in total.